The van der Waals surface area contributed by atoms with Crippen molar-refractivity contribution < 1.29 is 14.5 Å². The second-order valence-corrected chi connectivity index (χ2v) is 5.72. The number of ether oxygens (including phenoxy) is 1. The number of esters is 1. The second kappa shape index (κ2) is 6.45. The summed E-state index contributed by atoms with van der Waals surface area (Å²) < 4.78 is 6.12. The first-order chi connectivity index (χ1) is 11.2. The monoisotopic (exact) mass is 350 g/mol. The SMILES string of the molecule is COC(=O)c1c(C)n(-c2cc([N+](=O)[O-])c(C)cc2C)cc(Cl)c1=O. The number of pyridine rings is 1. The van der Waals surface area contributed by atoms with Gasteiger partial charge in [-0.2, -0.15) is 0 Å². The van der Waals surface area contributed by atoms with Crippen LogP contribution in [0.25, 0.3) is 5.69 Å². The molecule has 0 aliphatic rings. The number of hydrogen-bond acceptors (Lipinski definition) is 5. The van der Waals surface area contributed by atoms with Crippen LogP contribution in [0.15, 0.2) is 23.1 Å². The number of aromatic nitrogens is 1. The van der Waals surface area contributed by atoms with Crippen LogP contribution in [0.3, 0.4) is 0 Å². The molecule has 0 bridgehead atoms. The molecule has 0 amide bonds. The van der Waals surface area contributed by atoms with Gasteiger partial charge in [-0.15, -0.1) is 0 Å². The Balaban J connectivity index is 2.86. The Morgan fingerprint density at radius 2 is 1.88 bits per heavy atom. The van der Waals surface area contributed by atoms with E-state index in [1.165, 1.54) is 16.8 Å². The molecule has 0 unspecified atom stereocenters. The molecule has 1 aromatic heterocycles. The first-order valence-corrected chi connectivity index (χ1v) is 7.33. The largest absolute Gasteiger partial charge is 0.465 e. The number of benzene rings is 1. The molecule has 8 heteroatoms. The molecular formula is C16H15ClN2O5. The molecule has 2 aromatic rings. The fraction of sp³-hybridized carbons (Fsp3) is 0.250. The molecule has 0 spiro atoms. The summed E-state index contributed by atoms with van der Waals surface area (Å²) >= 11 is 5.95. The predicted molar refractivity (Wildman–Crippen MR) is 89.3 cm³/mol. The zero-order valence-electron chi connectivity index (χ0n) is 13.5. The predicted octanol–water partition coefficient (Wildman–Crippen LogP) is 3.11. The third kappa shape index (κ3) is 2.90. The topological polar surface area (TPSA) is 91.4 Å². The zero-order valence-corrected chi connectivity index (χ0v) is 14.3. The fourth-order valence-corrected chi connectivity index (χ4v) is 2.74. The quantitative estimate of drug-likeness (QED) is 0.482. The number of nitro groups is 1. The van der Waals surface area contributed by atoms with Gasteiger partial charge in [-0.3, -0.25) is 14.9 Å². The summed E-state index contributed by atoms with van der Waals surface area (Å²) in [5.41, 5.74) is 1.08. The van der Waals surface area contributed by atoms with Gasteiger partial charge < -0.3 is 9.30 Å². The standard InChI is InChI=1S/C16H15ClN2O5/c1-8-5-9(2)13(19(22)23)6-12(8)18-7-11(17)15(20)14(10(18)3)16(21)24-4/h5-7H,1-4H3. The molecule has 0 saturated carbocycles. The van der Waals surface area contributed by atoms with E-state index >= 15 is 0 Å². The second-order valence-electron chi connectivity index (χ2n) is 5.31. The van der Waals surface area contributed by atoms with Gasteiger partial charge in [0.25, 0.3) is 5.69 Å². The Labute approximate surface area is 142 Å². The summed E-state index contributed by atoms with van der Waals surface area (Å²) in [7, 11) is 1.16. The zero-order chi connectivity index (χ0) is 18.2. The maximum atomic E-state index is 12.1. The van der Waals surface area contributed by atoms with E-state index in [4.69, 9.17) is 11.6 Å². The number of aryl methyl sites for hydroxylation is 2. The lowest BCUT2D eigenvalue weighted by molar-refractivity contribution is -0.385. The minimum absolute atomic E-state index is 0.0653. The van der Waals surface area contributed by atoms with E-state index in [0.29, 0.717) is 11.3 Å². The van der Waals surface area contributed by atoms with Gasteiger partial charge in [0.2, 0.25) is 5.43 Å². The minimum atomic E-state index is -0.812. The normalized spacial score (nSPS) is 10.5. The highest BCUT2D eigenvalue weighted by atomic mass is 35.5. The molecule has 0 aliphatic heterocycles. The van der Waals surface area contributed by atoms with Crippen molar-refractivity contribution in [2.75, 3.05) is 7.11 Å². The first kappa shape index (κ1) is 17.7. The average Bonchev–Trinajstić information content (AvgIpc) is 2.51. The van der Waals surface area contributed by atoms with Crippen molar-refractivity contribution in [3.05, 3.63) is 66.1 Å². The molecule has 0 radical (unpaired) electrons. The summed E-state index contributed by atoms with van der Waals surface area (Å²) in [6, 6.07) is 3.05. The maximum Gasteiger partial charge on any atom is 0.343 e. The van der Waals surface area contributed by atoms with Crippen LogP contribution in [0.5, 0.6) is 0 Å². The minimum Gasteiger partial charge on any atom is -0.465 e. The lowest BCUT2D eigenvalue weighted by Crippen LogP contribution is -2.23. The lowest BCUT2D eigenvalue weighted by atomic mass is 10.1. The van der Waals surface area contributed by atoms with Gasteiger partial charge in [0.15, 0.2) is 0 Å². The number of carbonyl (C=O) groups is 1. The average molecular weight is 351 g/mol. The van der Waals surface area contributed by atoms with Crippen molar-refractivity contribution in [1.82, 2.24) is 4.57 Å². The lowest BCUT2D eigenvalue weighted by Gasteiger charge is -2.17. The molecule has 2 rings (SSSR count). The third-order valence-corrected chi connectivity index (χ3v) is 4.04. The molecule has 1 aromatic carbocycles. The van der Waals surface area contributed by atoms with Gasteiger partial charge in [-0.1, -0.05) is 11.6 Å². The number of rotatable bonds is 3. The summed E-state index contributed by atoms with van der Waals surface area (Å²) in [5, 5.41) is 11.0. The molecule has 0 N–H and O–H groups in total. The van der Waals surface area contributed by atoms with E-state index in [0.717, 1.165) is 12.7 Å². The van der Waals surface area contributed by atoms with Crippen LogP contribution in [0, 0.1) is 30.9 Å². The van der Waals surface area contributed by atoms with Crippen molar-refractivity contribution in [2.24, 2.45) is 0 Å². The van der Waals surface area contributed by atoms with Crippen LogP contribution >= 0.6 is 11.6 Å². The number of halogens is 1. The Morgan fingerprint density at radius 1 is 1.25 bits per heavy atom. The van der Waals surface area contributed by atoms with E-state index in [2.05, 4.69) is 4.74 Å². The molecular weight excluding hydrogens is 336 g/mol. The van der Waals surface area contributed by atoms with Gasteiger partial charge in [0, 0.05) is 23.5 Å². The maximum absolute atomic E-state index is 12.1. The number of nitro benzene ring substituents is 1. The fourth-order valence-electron chi connectivity index (χ4n) is 2.55. The van der Waals surface area contributed by atoms with Crippen LogP contribution in [0.2, 0.25) is 5.02 Å². The highest BCUT2D eigenvalue weighted by Gasteiger charge is 2.22. The Morgan fingerprint density at radius 3 is 2.42 bits per heavy atom. The number of nitrogens with zero attached hydrogens (tertiary/aromatic N) is 2. The molecule has 7 nitrogen and oxygen atoms in total. The number of carbonyl (C=O) groups excluding carboxylic acids is 1. The van der Waals surface area contributed by atoms with Crippen LogP contribution in [0.1, 0.15) is 27.2 Å². The van der Waals surface area contributed by atoms with E-state index in [-0.39, 0.29) is 22.0 Å². The summed E-state index contributed by atoms with van der Waals surface area (Å²) in [5.74, 6) is -0.812. The van der Waals surface area contributed by atoms with E-state index < -0.39 is 16.3 Å². The van der Waals surface area contributed by atoms with Gasteiger partial charge >= 0.3 is 5.97 Å². The molecule has 0 atom stereocenters. The third-order valence-electron chi connectivity index (χ3n) is 3.77. The summed E-state index contributed by atoms with van der Waals surface area (Å²) in [6.45, 7) is 4.96. The van der Waals surface area contributed by atoms with Crippen molar-refractivity contribution in [3.8, 4) is 5.69 Å². The highest BCUT2D eigenvalue weighted by molar-refractivity contribution is 6.30. The Bertz CT molecular complexity index is 918. The van der Waals surface area contributed by atoms with Gasteiger partial charge in [0.1, 0.15) is 10.6 Å². The summed E-state index contributed by atoms with van der Waals surface area (Å²) in [6.07, 6.45) is 1.34. The van der Waals surface area contributed by atoms with Gasteiger partial charge in [0.05, 0.1) is 17.7 Å². The molecule has 0 saturated heterocycles. The van der Waals surface area contributed by atoms with E-state index in [9.17, 15) is 19.7 Å². The van der Waals surface area contributed by atoms with Crippen molar-refractivity contribution in [2.45, 2.75) is 20.8 Å². The van der Waals surface area contributed by atoms with Crippen molar-refractivity contribution in [3.63, 3.8) is 0 Å². The van der Waals surface area contributed by atoms with Crippen LogP contribution in [-0.2, 0) is 4.74 Å². The number of methoxy groups -OCH3 is 1. The van der Waals surface area contributed by atoms with Crippen molar-refractivity contribution >= 4 is 23.3 Å². The van der Waals surface area contributed by atoms with E-state index in [1.54, 1.807) is 26.8 Å². The summed E-state index contributed by atoms with van der Waals surface area (Å²) in [4.78, 5) is 34.7. The number of hydrogen-bond donors (Lipinski definition) is 0. The molecule has 0 fully saturated rings. The molecule has 126 valence electrons. The highest BCUT2D eigenvalue weighted by Crippen LogP contribution is 2.27. The molecule has 0 aliphatic carbocycles. The Kier molecular flexibility index (Phi) is 4.75. The van der Waals surface area contributed by atoms with Crippen molar-refractivity contribution in [1.29, 1.82) is 0 Å². The van der Waals surface area contributed by atoms with Gasteiger partial charge in [-0.05, 0) is 32.4 Å². The molecule has 24 heavy (non-hydrogen) atoms. The van der Waals surface area contributed by atoms with Crippen LogP contribution in [-0.4, -0.2) is 22.6 Å². The first-order valence-electron chi connectivity index (χ1n) is 6.95. The molecule has 1 heterocycles. The Hall–Kier alpha value is -2.67. The smallest absolute Gasteiger partial charge is 0.343 e. The van der Waals surface area contributed by atoms with E-state index in [1.807, 2.05) is 0 Å². The van der Waals surface area contributed by atoms with Crippen LogP contribution in [0.4, 0.5) is 5.69 Å². The van der Waals surface area contributed by atoms with Gasteiger partial charge in [-0.25, -0.2) is 4.79 Å². The van der Waals surface area contributed by atoms with Crippen LogP contribution < -0.4 is 5.43 Å².